The molecule has 1 aromatic heterocycles. The maximum Gasteiger partial charge on any atom is 0.134 e. The number of pyridine rings is 1. The molecule has 8 heteroatoms. The number of rotatable bonds is 12. The van der Waals surface area contributed by atoms with E-state index in [1.807, 2.05) is 25.1 Å². The summed E-state index contributed by atoms with van der Waals surface area (Å²) in [6.07, 6.45) is 7.29. The Hall–Kier alpha value is -3.49. The Bertz CT molecular complexity index is 970. The number of aromatic nitrogens is 1. The summed E-state index contributed by atoms with van der Waals surface area (Å²) in [5.41, 5.74) is 15.8. The van der Waals surface area contributed by atoms with Gasteiger partial charge < -0.3 is 26.6 Å². The molecular formula is C29H46N8. The minimum Gasteiger partial charge on any atom is -0.402 e. The second kappa shape index (κ2) is 15.6. The molecule has 0 saturated carbocycles. The van der Waals surface area contributed by atoms with Gasteiger partial charge in [-0.1, -0.05) is 49.6 Å². The normalized spacial score (nSPS) is 15.9. The molecule has 1 aromatic carbocycles. The molecule has 2 unspecified atom stereocenters. The van der Waals surface area contributed by atoms with E-state index in [0.29, 0.717) is 6.54 Å². The van der Waals surface area contributed by atoms with Gasteiger partial charge in [-0.2, -0.15) is 0 Å². The number of nitrogens with one attached hydrogen (secondary N) is 1. The monoisotopic (exact) mass is 506 g/mol. The van der Waals surface area contributed by atoms with Crippen molar-refractivity contribution in [3.8, 4) is 0 Å². The molecule has 1 fully saturated rings. The maximum atomic E-state index is 6.32. The van der Waals surface area contributed by atoms with Crippen molar-refractivity contribution in [3.05, 3.63) is 103 Å². The van der Waals surface area contributed by atoms with E-state index in [1.165, 1.54) is 5.56 Å². The predicted octanol–water partition coefficient (Wildman–Crippen LogP) is 3.64. The van der Waals surface area contributed by atoms with Crippen LogP contribution in [0.3, 0.4) is 0 Å². The third-order valence-corrected chi connectivity index (χ3v) is 6.52. The van der Waals surface area contributed by atoms with Crippen molar-refractivity contribution in [3.63, 3.8) is 0 Å². The lowest BCUT2D eigenvalue weighted by Crippen LogP contribution is -2.44. The van der Waals surface area contributed by atoms with Crippen LogP contribution in [-0.4, -0.2) is 52.0 Å². The standard InChI is InChI=1S/C22H36N6.C7H10N2/c1-5-26(6-2)22(15-23)28(24)17-18(3)27-14-10-13-21(27)19(4)25-16-20-11-8-7-9-12-20;1-6(8)7-3-2-4-9-5-7/h7-9,11-12,15,21,25H,3-6,10,13-14,16-17,23-24H2,1-2H3;2-6H,8H2,1H3/b22-15-;. The Balaban J connectivity index is 0.000000449. The van der Waals surface area contributed by atoms with Crippen LogP contribution >= 0.6 is 0 Å². The quantitative estimate of drug-likeness (QED) is 0.255. The molecule has 0 amide bonds. The summed E-state index contributed by atoms with van der Waals surface area (Å²) < 4.78 is 0. The highest BCUT2D eigenvalue weighted by Gasteiger charge is 2.28. The van der Waals surface area contributed by atoms with Gasteiger partial charge in [0.05, 0.1) is 12.6 Å². The SMILES string of the molecule is C=C(NCc1ccccc1)C1CCCN1C(=C)CN(N)/C(=C\N)N(CC)CC.CC(N)c1cccnc1. The van der Waals surface area contributed by atoms with Gasteiger partial charge in [-0.25, -0.2) is 5.84 Å². The minimum absolute atomic E-state index is 0.0960. The fraction of sp³-hybridized carbons (Fsp3) is 0.414. The lowest BCUT2D eigenvalue weighted by molar-refractivity contribution is 0.214. The molecule has 2 aromatic rings. The molecule has 2 heterocycles. The first kappa shape index (κ1) is 29.7. The van der Waals surface area contributed by atoms with Crippen molar-refractivity contribution in [2.45, 2.75) is 52.2 Å². The lowest BCUT2D eigenvalue weighted by Gasteiger charge is -2.35. The van der Waals surface area contributed by atoms with Crippen molar-refractivity contribution in [2.75, 3.05) is 26.2 Å². The average molecular weight is 507 g/mol. The first-order chi connectivity index (χ1) is 17.8. The second-order valence-corrected chi connectivity index (χ2v) is 9.18. The summed E-state index contributed by atoms with van der Waals surface area (Å²) in [6, 6.07) is 14.6. The number of nitrogens with zero attached hydrogens (tertiary/aromatic N) is 4. The van der Waals surface area contributed by atoms with Gasteiger partial charge in [0.15, 0.2) is 0 Å². The summed E-state index contributed by atoms with van der Waals surface area (Å²) in [5, 5.41) is 5.17. The van der Waals surface area contributed by atoms with Gasteiger partial charge in [-0.05, 0) is 50.8 Å². The van der Waals surface area contributed by atoms with E-state index in [0.717, 1.165) is 61.8 Å². The number of nitrogens with two attached hydrogens (primary N) is 3. The van der Waals surface area contributed by atoms with E-state index < -0.39 is 0 Å². The van der Waals surface area contributed by atoms with Gasteiger partial charge in [-0.15, -0.1) is 0 Å². The molecule has 7 N–H and O–H groups in total. The van der Waals surface area contributed by atoms with Crippen molar-refractivity contribution in [2.24, 2.45) is 17.3 Å². The molecule has 0 bridgehead atoms. The van der Waals surface area contributed by atoms with Crippen LogP contribution < -0.4 is 22.6 Å². The van der Waals surface area contributed by atoms with Gasteiger partial charge in [0.2, 0.25) is 0 Å². The Morgan fingerprint density at radius 1 is 1.19 bits per heavy atom. The van der Waals surface area contributed by atoms with Crippen LogP contribution in [-0.2, 0) is 6.54 Å². The molecule has 0 aliphatic carbocycles. The first-order valence-corrected chi connectivity index (χ1v) is 13.1. The Morgan fingerprint density at radius 3 is 2.43 bits per heavy atom. The van der Waals surface area contributed by atoms with Gasteiger partial charge in [0.25, 0.3) is 0 Å². The summed E-state index contributed by atoms with van der Waals surface area (Å²) in [7, 11) is 0. The van der Waals surface area contributed by atoms with Crippen LogP contribution in [0.15, 0.2) is 91.4 Å². The molecule has 3 rings (SSSR count). The van der Waals surface area contributed by atoms with Crippen molar-refractivity contribution < 1.29 is 0 Å². The Kier molecular flexibility index (Phi) is 12.5. The zero-order valence-corrected chi connectivity index (χ0v) is 22.8. The van der Waals surface area contributed by atoms with E-state index in [2.05, 4.69) is 71.4 Å². The fourth-order valence-corrected chi connectivity index (χ4v) is 4.38. The van der Waals surface area contributed by atoms with Crippen LogP contribution in [0, 0.1) is 0 Å². The molecule has 1 aliphatic rings. The van der Waals surface area contributed by atoms with Gasteiger partial charge in [0.1, 0.15) is 5.82 Å². The predicted molar refractivity (Wildman–Crippen MR) is 154 cm³/mol. The molecule has 2 atom stereocenters. The molecule has 8 nitrogen and oxygen atoms in total. The third kappa shape index (κ3) is 9.15. The van der Waals surface area contributed by atoms with Gasteiger partial charge in [-0.3, -0.25) is 9.99 Å². The summed E-state index contributed by atoms with van der Waals surface area (Å²) >= 11 is 0. The van der Waals surface area contributed by atoms with Crippen LogP contribution in [0.2, 0.25) is 0 Å². The molecular weight excluding hydrogens is 460 g/mol. The molecule has 202 valence electrons. The molecule has 37 heavy (non-hydrogen) atoms. The van der Waals surface area contributed by atoms with Gasteiger partial charge in [0, 0.05) is 62.2 Å². The fourth-order valence-electron chi connectivity index (χ4n) is 4.38. The maximum absolute atomic E-state index is 6.32. The van der Waals surface area contributed by atoms with Crippen molar-refractivity contribution in [1.82, 2.24) is 25.1 Å². The number of benzene rings is 1. The summed E-state index contributed by atoms with van der Waals surface area (Å²) in [6.45, 7) is 18.7. The highest BCUT2D eigenvalue weighted by atomic mass is 15.5. The topological polar surface area (TPSA) is 113 Å². The molecule has 1 aliphatic heterocycles. The molecule has 0 radical (unpaired) electrons. The van der Waals surface area contributed by atoms with Crippen LogP contribution in [0.25, 0.3) is 0 Å². The van der Waals surface area contributed by atoms with Crippen LogP contribution in [0.1, 0.15) is 50.8 Å². The number of hydrogen-bond donors (Lipinski definition) is 4. The summed E-state index contributed by atoms with van der Waals surface area (Å²) in [4.78, 5) is 8.38. The van der Waals surface area contributed by atoms with Gasteiger partial charge >= 0.3 is 0 Å². The Morgan fingerprint density at radius 2 is 1.89 bits per heavy atom. The lowest BCUT2D eigenvalue weighted by atomic mass is 10.1. The zero-order chi connectivity index (χ0) is 27.2. The van der Waals surface area contributed by atoms with E-state index >= 15 is 0 Å². The minimum atomic E-state index is 0.0960. The van der Waals surface area contributed by atoms with Crippen molar-refractivity contribution >= 4 is 0 Å². The van der Waals surface area contributed by atoms with E-state index in [4.69, 9.17) is 17.3 Å². The van der Waals surface area contributed by atoms with E-state index in [9.17, 15) is 0 Å². The highest BCUT2D eigenvalue weighted by Crippen LogP contribution is 2.26. The zero-order valence-electron chi connectivity index (χ0n) is 22.8. The van der Waals surface area contributed by atoms with Crippen LogP contribution in [0.5, 0.6) is 0 Å². The Labute approximate surface area is 223 Å². The van der Waals surface area contributed by atoms with E-state index in [1.54, 1.807) is 23.6 Å². The van der Waals surface area contributed by atoms with Crippen LogP contribution in [0.4, 0.5) is 0 Å². The second-order valence-electron chi connectivity index (χ2n) is 9.18. The molecule has 0 spiro atoms. The number of likely N-dealkylation sites (tertiary alicyclic amines) is 1. The molecule has 1 saturated heterocycles. The third-order valence-electron chi connectivity index (χ3n) is 6.52. The average Bonchev–Trinajstić information content (AvgIpc) is 3.42. The highest BCUT2D eigenvalue weighted by molar-refractivity contribution is 5.18. The first-order valence-electron chi connectivity index (χ1n) is 13.1. The number of hydrogen-bond acceptors (Lipinski definition) is 8. The number of hydrazine groups is 1. The largest absolute Gasteiger partial charge is 0.402 e. The van der Waals surface area contributed by atoms with Crippen molar-refractivity contribution in [1.29, 1.82) is 0 Å². The summed E-state index contributed by atoms with van der Waals surface area (Å²) in [5.74, 6) is 7.15. The smallest absolute Gasteiger partial charge is 0.134 e. The van der Waals surface area contributed by atoms with E-state index in [-0.39, 0.29) is 12.1 Å².